The summed E-state index contributed by atoms with van der Waals surface area (Å²) in [4.78, 5) is 21.4. The van der Waals surface area contributed by atoms with Gasteiger partial charge in [0.2, 0.25) is 5.95 Å². The topological polar surface area (TPSA) is 58.2 Å². The van der Waals surface area contributed by atoms with Crippen molar-refractivity contribution in [3.63, 3.8) is 0 Å². The number of fused-ring (bicyclic) bond motifs is 1. The number of H-pyrrole nitrogens is 1. The number of halogens is 3. The molecule has 8 heteroatoms. The molecule has 0 saturated carbocycles. The molecule has 2 aromatic carbocycles. The molecule has 5 nitrogen and oxygen atoms in total. The first-order chi connectivity index (χ1) is 12.9. The third kappa shape index (κ3) is 3.52. The zero-order valence-corrected chi connectivity index (χ0v) is 14.2. The Balaban J connectivity index is 1.59. The molecule has 0 bridgehead atoms. The summed E-state index contributed by atoms with van der Waals surface area (Å²) in [5.74, 6) is 0.430. The Morgan fingerprint density at radius 3 is 2.59 bits per heavy atom. The molecule has 1 aromatic heterocycles. The van der Waals surface area contributed by atoms with E-state index in [0.717, 1.165) is 12.1 Å². The first-order valence-electron chi connectivity index (χ1n) is 8.44. The van der Waals surface area contributed by atoms with Gasteiger partial charge in [-0.15, -0.1) is 0 Å². The summed E-state index contributed by atoms with van der Waals surface area (Å²) in [7, 11) is 0. The second-order valence-corrected chi connectivity index (χ2v) is 6.33. The van der Waals surface area contributed by atoms with Gasteiger partial charge >= 0.3 is 6.18 Å². The molecule has 0 aliphatic carbocycles. The van der Waals surface area contributed by atoms with E-state index in [1.165, 1.54) is 12.1 Å². The molecule has 1 aliphatic rings. The fourth-order valence-corrected chi connectivity index (χ4v) is 3.15. The van der Waals surface area contributed by atoms with Crippen molar-refractivity contribution in [2.24, 2.45) is 0 Å². The minimum atomic E-state index is -4.37. The van der Waals surface area contributed by atoms with Gasteiger partial charge in [-0.2, -0.15) is 13.2 Å². The van der Waals surface area contributed by atoms with Gasteiger partial charge in [-0.1, -0.05) is 24.3 Å². The van der Waals surface area contributed by atoms with E-state index in [1.807, 2.05) is 11.0 Å². The second kappa shape index (κ2) is 6.70. The summed E-state index contributed by atoms with van der Waals surface area (Å²) in [6.07, 6.45) is -4.77. The van der Waals surface area contributed by atoms with Gasteiger partial charge in [0.1, 0.15) is 6.10 Å². The lowest BCUT2D eigenvalue weighted by atomic mass is 10.1. The van der Waals surface area contributed by atoms with E-state index in [2.05, 4.69) is 9.97 Å². The van der Waals surface area contributed by atoms with Crippen LogP contribution in [-0.4, -0.2) is 29.7 Å². The van der Waals surface area contributed by atoms with Gasteiger partial charge in [0, 0.05) is 6.54 Å². The zero-order valence-electron chi connectivity index (χ0n) is 14.2. The minimum absolute atomic E-state index is 0.229. The van der Waals surface area contributed by atoms with Gasteiger partial charge in [0.25, 0.3) is 5.56 Å². The molecule has 140 valence electrons. The number of anilines is 1. The van der Waals surface area contributed by atoms with Crippen LogP contribution in [0.2, 0.25) is 0 Å². The number of aromatic amines is 1. The number of aromatic nitrogens is 2. The molecule has 1 N–H and O–H groups in total. The van der Waals surface area contributed by atoms with Crippen molar-refractivity contribution >= 4 is 16.9 Å². The van der Waals surface area contributed by atoms with Crippen LogP contribution in [0.1, 0.15) is 17.2 Å². The number of alkyl halides is 3. The van der Waals surface area contributed by atoms with Crippen molar-refractivity contribution in [3.8, 4) is 0 Å². The number of para-hydroxylation sites is 1. The summed E-state index contributed by atoms with van der Waals surface area (Å²) in [5.41, 5.74) is 0.317. The normalized spacial score (nSPS) is 18.0. The lowest BCUT2D eigenvalue weighted by Crippen LogP contribution is -2.40. The van der Waals surface area contributed by atoms with Crippen molar-refractivity contribution in [1.29, 1.82) is 0 Å². The largest absolute Gasteiger partial charge is 0.416 e. The SMILES string of the molecule is O=c1[nH]c(N2CCOC(c3ccc(C(F)(F)F)cc3)C2)nc2ccccc12. The molecule has 1 aliphatic heterocycles. The van der Waals surface area contributed by atoms with Crippen molar-refractivity contribution < 1.29 is 17.9 Å². The minimum Gasteiger partial charge on any atom is -0.370 e. The van der Waals surface area contributed by atoms with Crippen LogP contribution in [0, 0.1) is 0 Å². The number of hydrogen-bond donors (Lipinski definition) is 1. The van der Waals surface area contributed by atoms with Crippen LogP contribution >= 0.6 is 0 Å². The van der Waals surface area contributed by atoms with E-state index < -0.39 is 17.8 Å². The third-order valence-corrected chi connectivity index (χ3v) is 4.58. The van der Waals surface area contributed by atoms with E-state index in [9.17, 15) is 18.0 Å². The summed E-state index contributed by atoms with van der Waals surface area (Å²) in [6, 6.07) is 12.0. The van der Waals surface area contributed by atoms with Crippen LogP contribution in [0.25, 0.3) is 10.9 Å². The molecule has 1 atom stereocenters. The van der Waals surface area contributed by atoms with Gasteiger partial charge in [0.05, 0.1) is 29.6 Å². The van der Waals surface area contributed by atoms with E-state index >= 15 is 0 Å². The highest BCUT2D eigenvalue weighted by Crippen LogP contribution is 2.31. The molecule has 1 saturated heterocycles. The number of rotatable bonds is 2. The van der Waals surface area contributed by atoms with Crippen molar-refractivity contribution in [3.05, 3.63) is 70.0 Å². The standard InChI is InChI=1S/C19H16F3N3O2/c20-19(21,22)13-7-5-12(6-8-13)16-11-25(9-10-27-16)18-23-15-4-2-1-3-14(15)17(26)24-18/h1-8,16H,9-11H2,(H,23,24,26). The molecular formula is C19H16F3N3O2. The molecular weight excluding hydrogens is 359 g/mol. The van der Waals surface area contributed by atoms with Gasteiger partial charge < -0.3 is 9.64 Å². The van der Waals surface area contributed by atoms with Crippen LogP contribution in [-0.2, 0) is 10.9 Å². The quantitative estimate of drug-likeness (QED) is 0.745. The summed E-state index contributed by atoms with van der Waals surface area (Å²) >= 11 is 0. The lowest BCUT2D eigenvalue weighted by molar-refractivity contribution is -0.137. The Kier molecular flexibility index (Phi) is 4.35. The molecule has 1 unspecified atom stereocenters. The predicted molar refractivity (Wildman–Crippen MR) is 94.7 cm³/mol. The highest BCUT2D eigenvalue weighted by atomic mass is 19.4. The van der Waals surface area contributed by atoms with E-state index in [1.54, 1.807) is 18.2 Å². The van der Waals surface area contributed by atoms with Crippen molar-refractivity contribution in [1.82, 2.24) is 9.97 Å². The monoisotopic (exact) mass is 375 g/mol. The predicted octanol–water partition coefficient (Wildman–Crippen LogP) is 3.52. The fourth-order valence-electron chi connectivity index (χ4n) is 3.15. The smallest absolute Gasteiger partial charge is 0.370 e. The molecule has 2 heterocycles. The number of nitrogens with one attached hydrogen (secondary N) is 1. The number of morpholine rings is 1. The van der Waals surface area contributed by atoms with Crippen LogP contribution < -0.4 is 10.5 Å². The number of hydrogen-bond acceptors (Lipinski definition) is 4. The van der Waals surface area contributed by atoms with Crippen molar-refractivity contribution in [2.45, 2.75) is 12.3 Å². The maximum absolute atomic E-state index is 12.7. The Morgan fingerprint density at radius 2 is 1.85 bits per heavy atom. The average Bonchev–Trinajstić information content (AvgIpc) is 2.67. The van der Waals surface area contributed by atoms with Crippen molar-refractivity contribution in [2.75, 3.05) is 24.6 Å². The lowest BCUT2D eigenvalue weighted by Gasteiger charge is -2.33. The molecule has 0 radical (unpaired) electrons. The molecule has 0 amide bonds. The first-order valence-corrected chi connectivity index (χ1v) is 8.44. The molecule has 0 spiro atoms. The Morgan fingerprint density at radius 1 is 1.11 bits per heavy atom. The summed E-state index contributed by atoms with van der Waals surface area (Å²) in [6.45, 7) is 1.29. The highest BCUT2D eigenvalue weighted by Gasteiger charge is 2.31. The molecule has 27 heavy (non-hydrogen) atoms. The Bertz CT molecular complexity index is 1020. The maximum Gasteiger partial charge on any atom is 0.416 e. The van der Waals surface area contributed by atoms with Crippen LogP contribution in [0.15, 0.2) is 53.3 Å². The Hall–Kier alpha value is -2.87. The van der Waals surface area contributed by atoms with Crippen LogP contribution in [0.4, 0.5) is 19.1 Å². The highest BCUT2D eigenvalue weighted by molar-refractivity contribution is 5.78. The van der Waals surface area contributed by atoms with Gasteiger partial charge in [0.15, 0.2) is 0 Å². The zero-order chi connectivity index (χ0) is 19.0. The number of ether oxygens (including phenoxy) is 1. The second-order valence-electron chi connectivity index (χ2n) is 6.33. The fraction of sp³-hybridized carbons (Fsp3) is 0.263. The first kappa shape index (κ1) is 17.5. The number of nitrogens with zero attached hydrogens (tertiary/aromatic N) is 2. The van der Waals surface area contributed by atoms with Crippen LogP contribution in [0.5, 0.6) is 0 Å². The third-order valence-electron chi connectivity index (χ3n) is 4.58. The van der Waals surface area contributed by atoms with E-state index in [4.69, 9.17) is 4.74 Å². The molecule has 4 rings (SSSR count). The van der Waals surface area contributed by atoms with E-state index in [0.29, 0.717) is 42.1 Å². The molecule has 1 fully saturated rings. The average molecular weight is 375 g/mol. The van der Waals surface area contributed by atoms with Gasteiger partial charge in [-0.05, 0) is 29.8 Å². The van der Waals surface area contributed by atoms with Crippen LogP contribution in [0.3, 0.4) is 0 Å². The number of benzene rings is 2. The summed E-state index contributed by atoms with van der Waals surface area (Å²) < 4.78 is 43.9. The summed E-state index contributed by atoms with van der Waals surface area (Å²) in [5, 5.41) is 0.508. The molecule has 3 aromatic rings. The maximum atomic E-state index is 12.7. The Labute approximate surface area is 152 Å². The van der Waals surface area contributed by atoms with E-state index in [-0.39, 0.29) is 5.56 Å². The van der Waals surface area contributed by atoms with Gasteiger partial charge in [-0.25, -0.2) is 4.98 Å². The van der Waals surface area contributed by atoms with Gasteiger partial charge in [-0.3, -0.25) is 9.78 Å².